The number of hydrogen-bond donors (Lipinski definition) is 3. The van der Waals surface area contributed by atoms with Gasteiger partial charge in [0.1, 0.15) is 11.6 Å². The number of aryl methyl sites for hydroxylation is 1. The molecule has 3 N–H and O–H groups in total. The molecule has 3 rings (SSSR count). The molecular weight excluding hydrogens is 302 g/mol. The van der Waals surface area contributed by atoms with Gasteiger partial charge < -0.3 is 15.7 Å². The lowest BCUT2D eigenvalue weighted by Crippen LogP contribution is -2.08. The molecule has 0 radical (unpaired) electrons. The summed E-state index contributed by atoms with van der Waals surface area (Å²) >= 11 is 0. The molecule has 3 aromatic rings. The minimum atomic E-state index is 0.282. The summed E-state index contributed by atoms with van der Waals surface area (Å²) < 4.78 is 0. The van der Waals surface area contributed by atoms with Crippen molar-refractivity contribution >= 4 is 17.5 Å². The molecule has 0 amide bonds. The van der Waals surface area contributed by atoms with Crippen molar-refractivity contribution < 1.29 is 5.11 Å². The van der Waals surface area contributed by atoms with Gasteiger partial charge in [-0.1, -0.05) is 12.1 Å². The molecular formula is C18H19N5O. The summed E-state index contributed by atoms with van der Waals surface area (Å²) in [5.74, 6) is 1.59. The first-order valence-electron chi connectivity index (χ1n) is 7.73. The van der Waals surface area contributed by atoms with Crippen LogP contribution in [-0.4, -0.2) is 26.6 Å². The number of rotatable bonds is 6. The van der Waals surface area contributed by atoms with Gasteiger partial charge in [0.05, 0.1) is 11.9 Å². The summed E-state index contributed by atoms with van der Waals surface area (Å²) in [4.78, 5) is 12.9. The maximum Gasteiger partial charge on any atom is 0.229 e. The van der Waals surface area contributed by atoms with Gasteiger partial charge in [-0.2, -0.15) is 4.98 Å². The minimum absolute atomic E-state index is 0.282. The second kappa shape index (κ2) is 7.41. The Hall–Kier alpha value is -3.15. The fourth-order valence-corrected chi connectivity index (χ4v) is 2.28. The molecule has 0 atom stereocenters. The number of nitrogens with one attached hydrogen (secondary N) is 2. The molecule has 0 saturated heterocycles. The van der Waals surface area contributed by atoms with Crippen molar-refractivity contribution in [1.82, 2.24) is 15.0 Å². The number of hydrogen-bond acceptors (Lipinski definition) is 6. The Labute approximate surface area is 140 Å². The summed E-state index contributed by atoms with van der Waals surface area (Å²) in [6.07, 6.45) is 4.29. The van der Waals surface area contributed by atoms with Gasteiger partial charge in [0, 0.05) is 24.5 Å². The van der Waals surface area contributed by atoms with Crippen LogP contribution in [0.2, 0.25) is 0 Å². The Morgan fingerprint density at radius 1 is 1.08 bits per heavy atom. The zero-order valence-electron chi connectivity index (χ0n) is 13.4. The van der Waals surface area contributed by atoms with Crippen molar-refractivity contribution in [3.63, 3.8) is 0 Å². The van der Waals surface area contributed by atoms with E-state index < -0.39 is 0 Å². The number of anilines is 3. The van der Waals surface area contributed by atoms with Gasteiger partial charge in [-0.15, -0.1) is 0 Å². The molecule has 0 unspecified atom stereocenters. The molecule has 0 bridgehead atoms. The third-order valence-electron chi connectivity index (χ3n) is 3.43. The molecule has 6 heteroatoms. The van der Waals surface area contributed by atoms with Gasteiger partial charge in [-0.05, 0) is 43.2 Å². The highest BCUT2D eigenvalue weighted by molar-refractivity contribution is 5.53. The molecule has 0 aliphatic heterocycles. The monoisotopic (exact) mass is 321 g/mol. The van der Waals surface area contributed by atoms with Crippen LogP contribution < -0.4 is 10.6 Å². The van der Waals surface area contributed by atoms with Crippen LogP contribution in [-0.2, 0) is 6.42 Å². The van der Waals surface area contributed by atoms with Crippen molar-refractivity contribution in [2.24, 2.45) is 0 Å². The van der Waals surface area contributed by atoms with E-state index in [2.05, 4.69) is 25.6 Å². The molecule has 122 valence electrons. The largest absolute Gasteiger partial charge is 0.508 e. The predicted octanol–water partition coefficient (Wildman–Crippen LogP) is 3.28. The highest BCUT2D eigenvalue weighted by Gasteiger charge is 2.03. The van der Waals surface area contributed by atoms with E-state index >= 15 is 0 Å². The molecule has 0 aliphatic rings. The second-order valence-corrected chi connectivity index (χ2v) is 5.43. The van der Waals surface area contributed by atoms with E-state index in [0.717, 1.165) is 35.7 Å². The van der Waals surface area contributed by atoms with Crippen molar-refractivity contribution in [3.05, 3.63) is 66.1 Å². The molecule has 6 nitrogen and oxygen atoms in total. The predicted molar refractivity (Wildman–Crippen MR) is 94.6 cm³/mol. The Morgan fingerprint density at radius 3 is 2.67 bits per heavy atom. The van der Waals surface area contributed by atoms with Crippen molar-refractivity contribution in [3.8, 4) is 5.75 Å². The van der Waals surface area contributed by atoms with Gasteiger partial charge in [-0.3, -0.25) is 4.98 Å². The molecule has 2 aromatic heterocycles. The third-order valence-corrected chi connectivity index (χ3v) is 3.43. The lowest BCUT2D eigenvalue weighted by Gasteiger charge is -2.10. The second-order valence-electron chi connectivity index (χ2n) is 5.43. The van der Waals surface area contributed by atoms with E-state index in [1.165, 1.54) is 0 Å². The summed E-state index contributed by atoms with van der Waals surface area (Å²) in [7, 11) is 0. The molecule has 0 fully saturated rings. The summed E-state index contributed by atoms with van der Waals surface area (Å²) in [6, 6.07) is 12.9. The van der Waals surface area contributed by atoms with Gasteiger partial charge in [0.2, 0.25) is 5.95 Å². The molecule has 2 heterocycles. The van der Waals surface area contributed by atoms with Crippen molar-refractivity contribution in [2.75, 3.05) is 17.2 Å². The Kier molecular flexibility index (Phi) is 4.86. The summed E-state index contributed by atoms with van der Waals surface area (Å²) in [6.45, 7) is 2.68. The zero-order valence-corrected chi connectivity index (χ0v) is 13.4. The number of phenolic OH excluding ortho intramolecular Hbond substituents is 1. The number of benzene rings is 1. The van der Waals surface area contributed by atoms with E-state index in [0.29, 0.717) is 5.95 Å². The normalized spacial score (nSPS) is 10.4. The van der Waals surface area contributed by atoms with Crippen LogP contribution in [0, 0.1) is 6.92 Å². The highest BCUT2D eigenvalue weighted by Crippen LogP contribution is 2.15. The quantitative estimate of drug-likeness (QED) is 0.646. The molecule has 24 heavy (non-hydrogen) atoms. The Balaban J connectivity index is 1.62. The van der Waals surface area contributed by atoms with Crippen LogP contribution in [0.1, 0.15) is 11.3 Å². The van der Waals surface area contributed by atoms with Crippen LogP contribution in [0.5, 0.6) is 5.75 Å². The van der Waals surface area contributed by atoms with E-state index in [1.54, 1.807) is 24.5 Å². The first-order valence-corrected chi connectivity index (χ1v) is 7.73. The van der Waals surface area contributed by atoms with Gasteiger partial charge in [0.15, 0.2) is 0 Å². The molecule has 0 aliphatic carbocycles. The number of aromatic hydroxyl groups is 1. The van der Waals surface area contributed by atoms with Crippen LogP contribution >= 0.6 is 0 Å². The minimum Gasteiger partial charge on any atom is -0.508 e. The van der Waals surface area contributed by atoms with Gasteiger partial charge in [-0.25, -0.2) is 4.98 Å². The van der Waals surface area contributed by atoms with Crippen molar-refractivity contribution in [1.29, 1.82) is 0 Å². The smallest absolute Gasteiger partial charge is 0.229 e. The van der Waals surface area contributed by atoms with Crippen LogP contribution in [0.15, 0.2) is 54.9 Å². The first-order chi connectivity index (χ1) is 11.7. The van der Waals surface area contributed by atoms with Gasteiger partial charge >= 0.3 is 0 Å². The standard InChI is InChI=1S/C18H19N5O/c1-13-11-17(20-10-8-14-4-6-16(24)7-5-14)23-18(21-13)22-15-3-2-9-19-12-15/h2-7,9,11-12,24H,8,10H2,1H3,(H2,20,21,22,23). The average molecular weight is 321 g/mol. The summed E-state index contributed by atoms with van der Waals surface area (Å²) in [5.41, 5.74) is 2.88. The number of aromatic nitrogens is 3. The number of pyridine rings is 1. The van der Waals surface area contributed by atoms with Gasteiger partial charge in [0.25, 0.3) is 0 Å². The fourth-order valence-electron chi connectivity index (χ4n) is 2.28. The van der Waals surface area contributed by atoms with Crippen LogP contribution in [0.3, 0.4) is 0 Å². The zero-order chi connectivity index (χ0) is 16.8. The maximum absolute atomic E-state index is 9.30. The topological polar surface area (TPSA) is 83.0 Å². The van der Waals surface area contributed by atoms with E-state index in [4.69, 9.17) is 0 Å². The number of phenols is 1. The fraction of sp³-hybridized carbons (Fsp3) is 0.167. The molecule has 0 spiro atoms. The van der Waals surface area contributed by atoms with Crippen molar-refractivity contribution in [2.45, 2.75) is 13.3 Å². The average Bonchev–Trinajstić information content (AvgIpc) is 2.57. The lowest BCUT2D eigenvalue weighted by molar-refractivity contribution is 0.475. The van der Waals surface area contributed by atoms with Crippen LogP contribution in [0.25, 0.3) is 0 Å². The summed E-state index contributed by atoms with van der Waals surface area (Å²) in [5, 5.41) is 15.8. The third kappa shape index (κ3) is 4.42. The molecule has 0 saturated carbocycles. The first kappa shape index (κ1) is 15.7. The number of nitrogens with zero attached hydrogens (tertiary/aromatic N) is 3. The van der Waals surface area contributed by atoms with Crippen LogP contribution in [0.4, 0.5) is 17.5 Å². The van der Waals surface area contributed by atoms with E-state index in [1.807, 2.05) is 37.3 Å². The maximum atomic E-state index is 9.30. The Bertz CT molecular complexity index is 790. The highest BCUT2D eigenvalue weighted by atomic mass is 16.3. The lowest BCUT2D eigenvalue weighted by atomic mass is 10.1. The van der Waals surface area contributed by atoms with E-state index in [9.17, 15) is 5.11 Å². The SMILES string of the molecule is Cc1cc(NCCc2ccc(O)cc2)nc(Nc2cccnc2)n1. The molecule has 1 aromatic carbocycles. The Morgan fingerprint density at radius 2 is 1.92 bits per heavy atom. The van der Waals surface area contributed by atoms with E-state index in [-0.39, 0.29) is 5.75 Å².